The summed E-state index contributed by atoms with van der Waals surface area (Å²) in [6, 6.07) is 0.776. The van der Waals surface area contributed by atoms with Gasteiger partial charge in [-0.3, -0.25) is 0 Å². The minimum atomic E-state index is -2.52. The quantitative estimate of drug-likeness (QED) is 0.434. The van der Waals surface area contributed by atoms with Gasteiger partial charge in [0, 0.05) is 13.2 Å². The molecule has 0 bridgehead atoms. The highest BCUT2D eigenvalue weighted by Gasteiger charge is 2.49. The third kappa shape index (κ3) is 5.03. The van der Waals surface area contributed by atoms with Gasteiger partial charge >= 0.3 is 15.0 Å². The van der Waals surface area contributed by atoms with Crippen molar-refractivity contribution < 1.29 is 32.5 Å². The van der Waals surface area contributed by atoms with Crippen LogP contribution in [0.15, 0.2) is 18.7 Å². The maximum absolute atomic E-state index is 10.3. The fourth-order valence-electron chi connectivity index (χ4n) is 2.52. The molecule has 130 valence electrons. The predicted octanol–water partition coefficient (Wildman–Crippen LogP) is 1.27. The smallest absolute Gasteiger partial charge is 0.450 e. The molecule has 0 amide bonds. The van der Waals surface area contributed by atoms with Crippen molar-refractivity contribution in [1.29, 1.82) is 0 Å². The van der Waals surface area contributed by atoms with Gasteiger partial charge in [0.2, 0.25) is 6.33 Å². The van der Waals surface area contributed by atoms with Gasteiger partial charge in [0.1, 0.15) is 25.5 Å². The lowest BCUT2D eigenvalue weighted by molar-refractivity contribution is -0.696. The predicted molar refractivity (Wildman–Crippen MR) is 81.9 cm³/mol. The molecule has 1 aromatic heterocycles. The van der Waals surface area contributed by atoms with Gasteiger partial charge in [0.25, 0.3) is 0 Å². The zero-order valence-corrected chi connectivity index (χ0v) is 14.8. The van der Waals surface area contributed by atoms with E-state index in [2.05, 4.69) is 4.74 Å². The molecule has 1 aliphatic heterocycles. The van der Waals surface area contributed by atoms with Crippen LogP contribution in [0.3, 0.4) is 0 Å². The van der Waals surface area contributed by atoms with E-state index in [1.807, 2.05) is 41.7 Å². The largest absolute Gasteiger partial charge is 0.505 e. The molecular formula is C14H25N2O6Si+. The Bertz CT molecular complexity index is 513. The lowest BCUT2D eigenvalue weighted by atomic mass is 10.3. The van der Waals surface area contributed by atoms with Crippen molar-refractivity contribution in [2.45, 2.75) is 51.6 Å². The van der Waals surface area contributed by atoms with Gasteiger partial charge in [-0.05, 0) is 20.3 Å². The highest BCUT2D eigenvalue weighted by Crippen LogP contribution is 2.29. The van der Waals surface area contributed by atoms with Crippen LogP contribution in [0.2, 0.25) is 6.04 Å². The molecule has 2 unspecified atom stereocenters. The summed E-state index contributed by atoms with van der Waals surface area (Å²) in [7, 11) is -0.863. The Morgan fingerprint density at radius 2 is 2.09 bits per heavy atom. The molecule has 23 heavy (non-hydrogen) atoms. The minimum absolute atomic E-state index is 0.0737. The Hall–Kier alpha value is -1.42. The number of aromatic nitrogens is 2. The number of ether oxygens (including phenoxy) is 1. The molecule has 9 heteroatoms. The molecule has 0 radical (unpaired) electrons. The van der Waals surface area contributed by atoms with Crippen molar-refractivity contribution in [3.63, 3.8) is 0 Å². The van der Waals surface area contributed by atoms with E-state index in [0.29, 0.717) is 6.54 Å². The third-order valence-electron chi connectivity index (χ3n) is 3.92. The van der Waals surface area contributed by atoms with E-state index >= 15 is 0 Å². The van der Waals surface area contributed by atoms with Crippen LogP contribution < -0.4 is 4.57 Å². The molecule has 1 fully saturated rings. The zero-order valence-electron chi connectivity index (χ0n) is 13.8. The molecule has 0 aromatic carbocycles. The Morgan fingerprint density at radius 3 is 2.70 bits per heavy atom. The Morgan fingerprint density at radius 1 is 1.39 bits per heavy atom. The Kier molecular flexibility index (Phi) is 6.16. The molecule has 1 aromatic rings. The first-order chi connectivity index (χ1) is 10.9. The van der Waals surface area contributed by atoms with Crippen LogP contribution in [0, 0.1) is 0 Å². The molecule has 2 rings (SSSR count). The van der Waals surface area contributed by atoms with Gasteiger partial charge in [-0.1, -0.05) is 0 Å². The number of nitrogens with zero attached hydrogens (tertiary/aromatic N) is 2. The SMILES string of the molecule is CO[Si]1(CCC[n+]2ccn(CCOC(=O)O)c2)OC(C)C(C)O1. The van der Waals surface area contributed by atoms with Crippen molar-refractivity contribution in [2.24, 2.45) is 0 Å². The van der Waals surface area contributed by atoms with Gasteiger partial charge in [-0.15, -0.1) is 0 Å². The number of imidazole rings is 1. The number of hydrogen-bond donors (Lipinski definition) is 1. The van der Waals surface area contributed by atoms with Crippen LogP contribution in [0.25, 0.3) is 0 Å². The van der Waals surface area contributed by atoms with Crippen LogP contribution in [0.1, 0.15) is 20.3 Å². The number of carboxylic acid groups (broad SMARTS) is 1. The van der Waals surface area contributed by atoms with Crippen molar-refractivity contribution >= 4 is 15.0 Å². The fourth-order valence-corrected chi connectivity index (χ4v) is 5.32. The first-order valence-electron chi connectivity index (χ1n) is 7.75. The molecule has 2 atom stereocenters. The van der Waals surface area contributed by atoms with Crippen LogP contribution in [-0.2, 0) is 31.1 Å². The lowest BCUT2D eigenvalue weighted by Crippen LogP contribution is -2.42. The van der Waals surface area contributed by atoms with Crippen LogP contribution >= 0.6 is 0 Å². The molecule has 0 spiro atoms. The zero-order chi connectivity index (χ0) is 16.9. The maximum Gasteiger partial charge on any atom is 0.505 e. The monoisotopic (exact) mass is 345 g/mol. The lowest BCUT2D eigenvalue weighted by Gasteiger charge is -2.20. The number of aryl methyl sites for hydroxylation is 1. The highest BCUT2D eigenvalue weighted by molar-refractivity contribution is 6.61. The average molecular weight is 345 g/mol. The summed E-state index contributed by atoms with van der Waals surface area (Å²) in [6.45, 7) is 5.47. The van der Waals surface area contributed by atoms with E-state index in [1.165, 1.54) is 0 Å². The third-order valence-corrected chi connectivity index (χ3v) is 6.97. The summed E-state index contributed by atoms with van der Waals surface area (Å²) < 4.78 is 25.9. The van der Waals surface area contributed by atoms with Gasteiger partial charge < -0.3 is 23.1 Å². The number of hydrogen-bond acceptors (Lipinski definition) is 5. The van der Waals surface area contributed by atoms with Gasteiger partial charge in [0.15, 0.2) is 0 Å². The van der Waals surface area contributed by atoms with E-state index in [4.69, 9.17) is 18.4 Å². The second-order valence-corrected chi connectivity index (χ2v) is 8.39. The summed E-state index contributed by atoms with van der Waals surface area (Å²) in [4.78, 5) is 10.3. The number of carbonyl (C=O) groups is 1. The van der Waals surface area contributed by atoms with E-state index in [0.717, 1.165) is 19.0 Å². The van der Waals surface area contributed by atoms with E-state index < -0.39 is 15.0 Å². The summed E-state index contributed by atoms with van der Waals surface area (Å²) >= 11 is 0. The first-order valence-corrected chi connectivity index (χ1v) is 9.68. The van der Waals surface area contributed by atoms with Crippen molar-refractivity contribution in [1.82, 2.24) is 4.57 Å². The fraction of sp³-hybridized carbons (Fsp3) is 0.714. The van der Waals surface area contributed by atoms with Crippen LogP contribution in [-0.4, -0.2) is 50.6 Å². The van der Waals surface area contributed by atoms with E-state index in [-0.39, 0.29) is 18.8 Å². The highest BCUT2D eigenvalue weighted by atomic mass is 28.4. The molecule has 2 heterocycles. The van der Waals surface area contributed by atoms with Gasteiger partial charge in [-0.2, -0.15) is 0 Å². The second kappa shape index (κ2) is 7.91. The van der Waals surface area contributed by atoms with Crippen LogP contribution in [0.5, 0.6) is 0 Å². The van der Waals surface area contributed by atoms with Crippen molar-refractivity contribution in [3.8, 4) is 0 Å². The molecule has 1 N–H and O–H groups in total. The topological polar surface area (TPSA) is 83.0 Å². The summed E-state index contributed by atoms with van der Waals surface area (Å²) in [5.74, 6) is 0. The molecule has 1 aliphatic rings. The molecular weight excluding hydrogens is 320 g/mol. The van der Waals surface area contributed by atoms with Crippen molar-refractivity contribution in [2.75, 3.05) is 13.7 Å². The Balaban J connectivity index is 1.76. The summed E-state index contributed by atoms with van der Waals surface area (Å²) in [5, 5.41) is 8.43. The van der Waals surface area contributed by atoms with Crippen LogP contribution in [0.4, 0.5) is 4.79 Å². The standard InChI is InChI=1S/C14H24N2O6Si/c1-12-13(2)22-23(19-3,21-12)10-4-5-15-6-7-16(11-15)8-9-20-14(17)18/h6-7,11-13H,4-5,8-10H2,1-3H3/p+1. The Labute approximate surface area is 136 Å². The summed E-state index contributed by atoms with van der Waals surface area (Å²) in [5.41, 5.74) is 0. The first kappa shape index (κ1) is 17.9. The van der Waals surface area contributed by atoms with Gasteiger partial charge in [-0.25, -0.2) is 13.9 Å². The van der Waals surface area contributed by atoms with E-state index in [1.54, 1.807) is 7.11 Å². The van der Waals surface area contributed by atoms with Gasteiger partial charge in [0.05, 0.1) is 18.8 Å². The minimum Gasteiger partial charge on any atom is -0.450 e. The molecule has 0 aliphatic carbocycles. The second-order valence-electron chi connectivity index (χ2n) is 5.64. The average Bonchev–Trinajstić information content (AvgIpc) is 3.05. The molecule has 0 saturated carbocycles. The maximum atomic E-state index is 10.3. The summed E-state index contributed by atoms with van der Waals surface area (Å²) in [6.07, 6.45) is 5.55. The molecule has 1 saturated heterocycles. The normalized spacial score (nSPS) is 27.3. The molecule has 8 nitrogen and oxygen atoms in total. The van der Waals surface area contributed by atoms with Crippen molar-refractivity contribution in [3.05, 3.63) is 18.7 Å². The number of rotatable bonds is 8. The van der Waals surface area contributed by atoms with E-state index in [9.17, 15) is 4.79 Å².